The lowest BCUT2D eigenvalue weighted by Gasteiger charge is -1.98. The predicted molar refractivity (Wildman–Crippen MR) is 42.9 cm³/mol. The first-order chi connectivity index (χ1) is 3.81. The van der Waals surface area contributed by atoms with Crippen molar-refractivity contribution >= 4 is 8.80 Å². The fourth-order valence-corrected chi connectivity index (χ4v) is 1.93. The van der Waals surface area contributed by atoms with Gasteiger partial charge < -0.3 is 0 Å². The standard InChI is InChI=1S/C7H16Si/c1-4-6-7-8(3)5-2/h5,8H,2,4,6-7H2,1,3H3. The molecule has 0 saturated carbocycles. The number of rotatable bonds is 4. The van der Waals surface area contributed by atoms with E-state index in [9.17, 15) is 0 Å². The summed E-state index contributed by atoms with van der Waals surface area (Å²) in [5, 5.41) is 0. The van der Waals surface area contributed by atoms with E-state index in [0.29, 0.717) is 0 Å². The van der Waals surface area contributed by atoms with Crippen LogP contribution in [0.3, 0.4) is 0 Å². The van der Waals surface area contributed by atoms with E-state index in [-0.39, 0.29) is 0 Å². The van der Waals surface area contributed by atoms with Gasteiger partial charge in [-0.25, -0.2) is 0 Å². The van der Waals surface area contributed by atoms with E-state index in [4.69, 9.17) is 0 Å². The molecule has 0 bridgehead atoms. The molecule has 0 heterocycles. The molecule has 0 saturated heterocycles. The molecular weight excluding hydrogens is 112 g/mol. The Bertz CT molecular complexity index is 59.4. The van der Waals surface area contributed by atoms with Crippen molar-refractivity contribution in [1.82, 2.24) is 0 Å². The minimum absolute atomic E-state index is 0.435. The molecule has 1 heteroatoms. The highest BCUT2D eigenvalue weighted by molar-refractivity contribution is 6.62. The summed E-state index contributed by atoms with van der Waals surface area (Å²) in [6.07, 6.45) is 2.74. The Kier molecular flexibility index (Phi) is 5.07. The second-order valence-electron chi connectivity index (χ2n) is 2.36. The van der Waals surface area contributed by atoms with Gasteiger partial charge in [0.1, 0.15) is 0 Å². The highest BCUT2D eigenvalue weighted by Gasteiger charge is 1.93. The van der Waals surface area contributed by atoms with Crippen molar-refractivity contribution in [2.24, 2.45) is 0 Å². The zero-order valence-corrected chi connectivity index (χ0v) is 7.14. The molecule has 8 heavy (non-hydrogen) atoms. The maximum absolute atomic E-state index is 3.78. The SMILES string of the molecule is C=C[SiH](C)CCCC. The Morgan fingerprint density at radius 3 is 2.62 bits per heavy atom. The minimum atomic E-state index is -0.435. The second-order valence-corrected chi connectivity index (χ2v) is 5.36. The first kappa shape index (κ1) is 7.96. The fraction of sp³-hybridized carbons (Fsp3) is 0.714. The van der Waals surface area contributed by atoms with Crippen LogP contribution in [0, 0.1) is 0 Å². The molecule has 0 spiro atoms. The predicted octanol–water partition coefficient (Wildman–Crippen LogP) is 2.37. The van der Waals surface area contributed by atoms with E-state index < -0.39 is 8.80 Å². The first-order valence-electron chi connectivity index (χ1n) is 3.43. The smallest absolute Gasteiger partial charge is 0.0576 e. The average molecular weight is 128 g/mol. The number of hydrogen-bond acceptors (Lipinski definition) is 0. The molecule has 0 aromatic carbocycles. The van der Waals surface area contributed by atoms with Gasteiger partial charge in [-0.1, -0.05) is 32.4 Å². The van der Waals surface area contributed by atoms with Gasteiger partial charge in [-0.15, -0.1) is 12.3 Å². The van der Waals surface area contributed by atoms with Gasteiger partial charge >= 0.3 is 0 Å². The van der Waals surface area contributed by atoms with Crippen LogP contribution < -0.4 is 0 Å². The van der Waals surface area contributed by atoms with Crippen LogP contribution in [-0.2, 0) is 0 Å². The third kappa shape index (κ3) is 4.12. The number of hydrogen-bond donors (Lipinski definition) is 0. The molecular formula is C7H16Si. The molecule has 0 aromatic rings. The van der Waals surface area contributed by atoms with Crippen molar-refractivity contribution in [2.45, 2.75) is 32.4 Å². The largest absolute Gasteiger partial charge is 0.107 e. The normalized spacial score (nSPS) is 13.2. The van der Waals surface area contributed by atoms with E-state index in [1.165, 1.54) is 18.9 Å². The highest BCUT2D eigenvalue weighted by Crippen LogP contribution is 2.00. The molecule has 0 fully saturated rings. The summed E-state index contributed by atoms with van der Waals surface area (Å²) in [6, 6.07) is 1.44. The van der Waals surface area contributed by atoms with Crippen molar-refractivity contribution in [2.75, 3.05) is 0 Å². The summed E-state index contributed by atoms with van der Waals surface area (Å²) in [5.74, 6) is 0. The van der Waals surface area contributed by atoms with Gasteiger partial charge in [0.2, 0.25) is 0 Å². The van der Waals surface area contributed by atoms with Gasteiger partial charge in [0.15, 0.2) is 0 Å². The summed E-state index contributed by atoms with van der Waals surface area (Å²) < 4.78 is 0. The van der Waals surface area contributed by atoms with E-state index in [0.717, 1.165) is 0 Å². The Labute approximate surface area is 54.2 Å². The lowest BCUT2D eigenvalue weighted by atomic mass is 10.4. The van der Waals surface area contributed by atoms with E-state index in [1.54, 1.807) is 0 Å². The molecule has 0 amide bonds. The van der Waals surface area contributed by atoms with Gasteiger partial charge in [-0.05, 0) is 0 Å². The van der Waals surface area contributed by atoms with E-state index >= 15 is 0 Å². The summed E-state index contributed by atoms with van der Waals surface area (Å²) >= 11 is 0. The summed E-state index contributed by atoms with van der Waals surface area (Å²) in [7, 11) is -0.435. The lowest BCUT2D eigenvalue weighted by Crippen LogP contribution is -1.99. The Hall–Kier alpha value is -0.0431. The van der Waals surface area contributed by atoms with Gasteiger partial charge in [0.05, 0.1) is 8.80 Å². The fourth-order valence-electron chi connectivity index (χ4n) is 0.644. The van der Waals surface area contributed by atoms with Crippen LogP contribution >= 0.6 is 0 Å². The minimum Gasteiger partial charge on any atom is -0.107 e. The molecule has 0 aliphatic carbocycles. The van der Waals surface area contributed by atoms with Crippen molar-refractivity contribution in [3.63, 3.8) is 0 Å². The van der Waals surface area contributed by atoms with Crippen LogP contribution in [0.1, 0.15) is 19.8 Å². The van der Waals surface area contributed by atoms with Crippen molar-refractivity contribution in [3.8, 4) is 0 Å². The summed E-state index contributed by atoms with van der Waals surface area (Å²) in [6.45, 7) is 8.37. The quantitative estimate of drug-likeness (QED) is 0.510. The maximum Gasteiger partial charge on any atom is 0.0576 e. The molecule has 1 unspecified atom stereocenters. The highest BCUT2D eigenvalue weighted by atomic mass is 28.3. The zero-order chi connectivity index (χ0) is 6.41. The lowest BCUT2D eigenvalue weighted by molar-refractivity contribution is 0.876. The molecule has 0 radical (unpaired) electrons. The van der Waals surface area contributed by atoms with Crippen LogP contribution in [0.4, 0.5) is 0 Å². The topological polar surface area (TPSA) is 0 Å². The molecule has 0 nitrogen and oxygen atoms in total. The summed E-state index contributed by atoms with van der Waals surface area (Å²) in [5.41, 5.74) is 2.16. The molecule has 0 rings (SSSR count). The molecule has 1 atom stereocenters. The van der Waals surface area contributed by atoms with E-state index in [1.807, 2.05) is 0 Å². The molecule has 0 aliphatic heterocycles. The van der Waals surface area contributed by atoms with Gasteiger partial charge in [-0.2, -0.15) is 0 Å². The van der Waals surface area contributed by atoms with Crippen LogP contribution in [0.2, 0.25) is 12.6 Å². The van der Waals surface area contributed by atoms with Gasteiger partial charge in [0.25, 0.3) is 0 Å². The van der Waals surface area contributed by atoms with Gasteiger partial charge in [0, 0.05) is 0 Å². The molecule has 0 aromatic heterocycles. The maximum atomic E-state index is 3.78. The van der Waals surface area contributed by atoms with Crippen molar-refractivity contribution in [1.29, 1.82) is 0 Å². The third-order valence-corrected chi connectivity index (χ3v) is 3.54. The monoisotopic (exact) mass is 128 g/mol. The summed E-state index contributed by atoms with van der Waals surface area (Å²) in [4.78, 5) is 0. The molecule has 0 N–H and O–H groups in total. The van der Waals surface area contributed by atoms with Crippen LogP contribution in [0.25, 0.3) is 0 Å². The number of unbranched alkanes of at least 4 members (excludes halogenated alkanes) is 1. The Balaban J connectivity index is 2.98. The van der Waals surface area contributed by atoms with Crippen LogP contribution in [0.15, 0.2) is 12.3 Å². The second kappa shape index (κ2) is 5.10. The average Bonchev–Trinajstić information content (AvgIpc) is 1.83. The van der Waals surface area contributed by atoms with Crippen LogP contribution in [0.5, 0.6) is 0 Å². The first-order valence-corrected chi connectivity index (χ1v) is 6.07. The third-order valence-electron chi connectivity index (χ3n) is 1.42. The Morgan fingerprint density at radius 1 is 1.62 bits per heavy atom. The van der Waals surface area contributed by atoms with Gasteiger partial charge in [-0.3, -0.25) is 0 Å². The van der Waals surface area contributed by atoms with Crippen molar-refractivity contribution < 1.29 is 0 Å². The van der Waals surface area contributed by atoms with Crippen LogP contribution in [-0.4, -0.2) is 8.80 Å². The molecule has 0 aliphatic rings. The van der Waals surface area contributed by atoms with E-state index in [2.05, 4.69) is 25.7 Å². The van der Waals surface area contributed by atoms with Crippen molar-refractivity contribution in [3.05, 3.63) is 12.3 Å². The Morgan fingerprint density at radius 2 is 2.25 bits per heavy atom. The zero-order valence-electron chi connectivity index (χ0n) is 5.98. The molecule has 48 valence electrons.